The molecule has 0 aliphatic rings. The van der Waals surface area contributed by atoms with Gasteiger partial charge in [0, 0.05) is 22.2 Å². The van der Waals surface area contributed by atoms with Gasteiger partial charge in [-0.05, 0) is 29.8 Å². The topological polar surface area (TPSA) is 65.2 Å². The molecule has 2 aromatic carbocycles. The first-order valence-electron chi connectivity index (χ1n) is 7.33. The van der Waals surface area contributed by atoms with E-state index in [1.54, 1.807) is 30.5 Å². The van der Waals surface area contributed by atoms with Crippen LogP contribution in [0.15, 0.2) is 61.3 Å². The molecule has 0 spiro atoms. The summed E-state index contributed by atoms with van der Waals surface area (Å²) in [5.74, 6) is -0.476. The number of pyridine rings is 1. The molecule has 0 atom stereocenters. The van der Waals surface area contributed by atoms with Crippen LogP contribution >= 0.6 is 11.6 Å². The first kappa shape index (κ1) is 16.0. The second kappa shape index (κ2) is 6.72. The maximum Gasteiger partial charge on any atom is 0.340 e. The highest BCUT2D eigenvalue weighted by Crippen LogP contribution is 2.34. The fourth-order valence-corrected chi connectivity index (χ4v) is 2.71. The van der Waals surface area contributed by atoms with E-state index in [4.69, 9.17) is 22.1 Å². The molecule has 2 N–H and O–H groups in total. The Morgan fingerprint density at radius 3 is 2.88 bits per heavy atom. The van der Waals surface area contributed by atoms with E-state index in [0.29, 0.717) is 16.3 Å². The number of nitrogens with two attached hydrogens (primary N) is 1. The minimum Gasteiger partial charge on any atom is -0.458 e. The molecule has 3 rings (SSSR count). The van der Waals surface area contributed by atoms with Crippen LogP contribution in [0.4, 0.5) is 5.69 Å². The number of halogens is 1. The number of carbonyl (C=O) groups is 1. The largest absolute Gasteiger partial charge is 0.458 e. The van der Waals surface area contributed by atoms with E-state index >= 15 is 0 Å². The first-order valence-corrected chi connectivity index (χ1v) is 7.70. The van der Waals surface area contributed by atoms with Crippen molar-refractivity contribution in [3.05, 3.63) is 71.9 Å². The Hall–Kier alpha value is -2.85. The quantitative estimate of drug-likeness (QED) is 0.432. The van der Waals surface area contributed by atoms with E-state index in [2.05, 4.69) is 11.6 Å². The highest BCUT2D eigenvalue weighted by molar-refractivity contribution is 6.31. The number of rotatable bonds is 4. The standard InChI is InChI=1S/C19H15ClN2O2/c1-2-10-24-19(23)16-5-3-4-15(18(16)21)13-8-9-22-17-11-12(20)6-7-14(13)17/h2-9,11H,1,10,21H2. The normalized spacial score (nSPS) is 10.5. The molecule has 4 nitrogen and oxygen atoms in total. The third-order valence-electron chi connectivity index (χ3n) is 3.65. The van der Waals surface area contributed by atoms with Gasteiger partial charge < -0.3 is 10.5 Å². The molecule has 24 heavy (non-hydrogen) atoms. The molecule has 0 bridgehead atoms. The van der Waals surface area contributed by atoms with Gasteiger partial charge >= 0.3 is 5.97 Å². The van der Waals surface area contributed by atoms with Crippen molar-refractivity contribution in [1.82, 2.24) is 4.98 Å². The van der Waals surface area contributed by atoms with Gasteiger partial charge in [-0.2, -0.15) is 0 Å². The number of esters is 1. The lowest BCUT2D eigenvalue weighted by Gasteiger charge is -2.12. The van der Waals surface area contributed by atoms with E-state index in [0.717, 1.165) is 22.0 Å². The number of hydrogen-bond donors (Lipinski definition) is 1. The number of carbonyl (C=O) groups excluding carboxylic acids is 1. The highest BCUT2D eigenvalue weighted by atomic mass is 35.5. The Kier molecular flexibility index (Phi) is 4.49. The van der Waals surface area contributed by atoms with Gasteiger partial charge in [-0.1, -0.05) is 42.5 Å². The van der Waals surface area contributed by atoms with E-state index in [-0.39, 0.29) is 6.61 Å². The molecule has 0 radical (unpaired) electrons. The molecule has 0 fully saturated rings. The van der Waals surface area contributed by atoms with Crippen LogP contribution in [0.1, 0.15) is 10.4 Å². The first-order chi connectivity index (χ1) is 11.6. The molecule has 1 heterocycles. The number of hydrogen-bond acceptors (Lipinski definition) is 4. The molecule has 0 amide bonds. The molecule has 0 saturated carbocycles. The lowest BCUT2D eigenvalue weighted by Crippen LogP contribution is -2.09. The van der Waals surface area contributed by atoms with Crippen molar-refractivity contribution >= 4 is 34.2 Å². The third kappa shape index (κ3) is 2.96. The van der Waals surface area contributed by atoms with E-state index in [1.165, 1.54) is 6.08 Å². The summed E-state index contributed by atoms with van der Waals surface area (Å²) in [6.45, 7) is 3.67. The molecule has 0 aliphatic heterocycles. The third-order valence-corrected chi connectivity index (χ3v) is 3.89. The number of para-hydroxylation sites is 1. The summed E-state index contributed by atoms with van der Waals surface area (Å²) in [5.41, 5.74) is 9.33. The molecule has 3 aromatic rings. The number of fused-ring (bicyclic) bond motifs is 1. The summed E-state index contributed by atoms with van der Waals surface area (Å²) >= 11 is 6.03. The van der Waals surface area contributed by atoms with Crippen LogP contribution in [-0.2, 0) is 4.74 Å². The summed E-state index contributed by atoms with van der Waals surface area (Å²) in [4.78, 5) is 16.5. The monoisotopic (exact) mass is 338 g/mol. The zero-order valence-corrected chi connectivity index (χ0v) is 13.6. The number of aromatic nitrogens is 1. The van der Waals surface area contributed by atoms with Crippen LogP contribution < -0.4 is 5.73 Å². The van der Waals surface area contributed by atoms with E-state index in [1.807, 2.05) is 18.2 Å². The average molecular weight is 339 g/mol. The van der Waals surface area contributed by atoms with Crippen molar-refractivity contribution in [1.29, 1.82) is 0 Å². The molecule has 1 aromatic heterocycles. The molecular formula is C19H15ClN2O2. The number of nitrogen functional groups attached to an aromatic ring is 1. The van der Waals surface area contributed by atoms with E-state index < -0.39 is 5.97 Å². The minimum atomic E-state index is -0.476. The van der Waals surface area contributed by atoms with Crippen LogP contribution in [0.2, 0.25) is 5.02 Å². The predicted octanol–water partition coefficient (Wildman–Crippen LogP) is 4.48. The van der Waals surface area contributed by atoms with Crippen LogP contribution in [0, 0.1) is 0 Å². The lowest BCUT2D eigenvalue weighted by atomic mass is 9.97. The summed E-state index contributed by atoms with van der Waals surface area (Å²) in [5, 5.41) is 1.52. The fourth-order valence-electron chi connectivity index (χ4n) is 2.55. The van der Waals surface area contributed by atoms with Crippen molar-refractivity contribution < 1.29 is 9.53 Å². The molecule has 0 saturated heterocycles. The van der Waals surface area contributed by atoms with Crippen molar-refractivity contribution in [3.8, 4) is 11.1 Å². The summed E-state index contributed by atoms with van der Waals surface area (Å²) < 4.78 is 5.09. The van der Waals surface area contributed by atoms with Crippen molar-refractivity contribution in [2.75, 3.05) is 12.3 Å². The van der Waals surface area contributed by atoms with Gasteiger partial charge in [-0.3, -0.25) is 4.98 Å². The number of benzene rings is 2. The Balaban J connectivity index is 2.14. The summed E-state index contributed by atoms with van der Waals surface area (Å²) in [7, 11) is 0. The van der Waals surface area contributed by atoms with Crippen LogP contribution in [0.3, 0.4) is 0 Å². The van der Waals surface area contributed by atoms with Gasteiger partial charge in [0.05, 0.1) is 16.8 Å². The van der Waals surface area contributed by atoms with Crippen LogP contribution in [0.5, 0.6) is 0 Å². The lowest BCUT2D eigenvalue weighted by molar-refractivity contribution is 0.0551. The number of anilines is 1. The fraction of sp³-hybridized carbons (Fsp3) is 0.0526. The van der Waals surface area contributed by atoms with Gasteiger partial charge in [0.1, 0.15) is 6.61 Å². The maximum absolute atomic E-state index is 12.1. The van der Waals surface area contributed by atoms with Gasteiger partial charge in [0.15, 0.2) is 0 Å². The molecular weight excluding hydrogens is 324 g/mol. The number of nitrogens with zero attached hydrogens (tertiary/aromatic N) is 1. The average Bonchev–Trinajstić information content (AvgIpc) is 2.59. The summed E-state index contributed by atoms with van der Waals surface area (Å²) in [6, 6.07) is 12.6. The van der Waals surface area contributed by atoms with Gasteiger partial charge in [-0.15, -0.1) is 0 Å². The molecule has 0 unspecified atom stereocenters. The van der Waals surface area contributed by atoms with Gasteiger partial charge in [0.25, 0.3) is 0 Å². The Morgan fingerprint density at radius 2 is 2.08 bits per heavy atom. The second-order valence-corrected chi connectivity index (χ2v) is 5.61. The summed E-state index contributed by atoms with van der Waals surface area (Å²) in [6.07, 6.45) is 3.20. The van der Waals surface area contributed by atoms with Crippen molar-refractivity contribution in [2.24, 2.45) is 0 Å². The highest BCUT2D eigenvalue weighted by Gasteiger charge is 2.16. The second-order valence-electron chi connectivity index (χ2n) is 5.17. The Labute approximate surface area is 144 Å². The van der Waals surface area contributed by atoms with Crippen molar-refractivity contribution in [2.45, 2.75) is 0 Å². The maximum atomic E-state index is 12.1. The van der Waals surface area contributed by atoms with Crippen molar-refractivity contribution in [3.63, 3.8) is 0 Å². The minimum absolute atomic E-state index is 0.138. The smallest absolute Gasteiger partial charge is 0.340 e. The predicted molar refractivity (Wildman–Crippen MR) is 97.1 cm³/mol. The zero-order chi connectivity index (χ0) is 17.1. The van der Waals surface area contributed by atoms with Gasteiger partial charge in [0.2, 0.25) is 0 Å². The van der Waals surface area contributed by atoms with Crippen LogP contribution in [0.25, 0.3) is 22.0 Å². The Bertz CT molecular complexity index is 938. The van der Waals surface area contributed by atoms with E-state index in [9.17, 15) is 4.79 Å². The SMILES string of the molecule is C=CCOC(=O)c1cccc(-c2ccnc3cc(Cl)ccc23)c1N. The zero-order valence-electron chi connectivity index (χ0n) is 12.8. The van der Waals surface area contributed by atoms with Crippen LogP contribution in [-0.4, -0.2) is 17.6 Å². The van der Waals surface area contributed by atoms with Gasteiger partial charge in [-0.25, -0.2) is 4.79 Å². The molecule has 120 valence electrons. The molecule has 0 aliphatic carbocycles. The number of ether oxygens (including phenoxy) is 1. The molecule has 5 heteroatoms. The Morgan fingerprint density at radius 1 is 1.25 bits per heavy atom.